The molecule has 0 bridgehead atoms. The number of hydrogen-bond acceptors (Lipinski definition) is 9. The Kier molecular flexibility index (Phi) is 10.9. The molecule has 0 aliphatic carbocycles. The highest BCUT2D eigenvalue weighted by molar-refractivity contribution is 7.13. The summed E-state index contributed by atoms with van der Waals surface area (Å²) in [5.41, 5.74) is -0.102. The number of fused-ring (bicyclic) bond motifs is 1. The Labute approximate surface area is 271 Å². The Morgan fingerprint density at radius 1 is 1.09 bits per heavy atom. The second-order valence-electron chi connectivity index (χ2n) is 10.8. The van der Waals surface area contributed by atoms with Crippen molar-refractivity contribution < 1.29 is 32.6 Å². The summed E-state index contributed by atoms with van der Waals surface area (Å²) in [4.78, 5) is 49.4. The summed E-state index contributed by atoms with van der Waals surface area (Å²) in [5.74, 6) is -0.548. The number of urea groups is 1. The standard InChI is InChI=1S/C31H34F3N7O5S/c1-2-5-36-30(45)39-26-15-20(29-38-25(18-47-29)31(32,33)34)22(16-37-26)19-3-4-24-21(14-19)27(43)23(28(44)35-6-11-42)17-41(24)8-7-40-9-12-46-13-10-40/h3-4,14-18,42H,2,5-13H2,1H3,(H,35,44)(H2,36,37,39,45). The normalized spacial score (nSPS) is 13.9. The molecule has 1 aromatic carbocycles. The van der Waals surface area contributed by atoms with Crippen LogP contribution in [-0.2, 0) is 17.5 Å². The lowest BCUT2D eigenvalue weighted by Gasteiger charge is -2.27. The predicted octanol–water partition coefficient (Wildman–Crippen LogP) is 3.79. The molecule has 5 rings (SSSR count). The Hall–Kier alpha value is -4.38. The summed E-state index contributed by atoms with van der Waals surface area (Å²) in [5, 5.41) is 18.1. The zero-order valence-electron chi connectivity index (χ0n) is 25.5. The third-order valence-corrected chi connectivity index (χ3v) is 8.38. The molecule has 0 spiro atoms. The highest BCUT2D eigenvalue weighted by Crippen LogP contribution is 2.39. The predicted molar refractivity (Wildman–Crippen MR) is 172 cm³/mol. The summed E-state index contributed by atoms with van der Waals surface area (Å²) in [6, 6.07) is 5.93. The SMILES string of the molecule is CCCNC(=O)Nc1cc(-c2nc(C(F)(F)F)cs2)c(-c2ccc3c(c2)c(=O)c(C(=O)NCCO)cn3CCN2CCOCC2)cn1. The number of rotatable bonds is 11. The first kappa shape index (κ1) is 34.0. The van der Waals surface area contributed by atoms with Crippen molar-refractivity contribution in [3.8, 4) is 21.7 Å². The molecule has 0 saturated carbocycles. The number of carbonyl (C=O) groups excluding carboxylic acids is 2. The van der Waals surface area contributed by atoms with Gasteiger partial charge >= 0.3 is 12.2 Å². The molecule has 16 heteroatoms. The molecule has 4 N–H and O–H groups in total. The zero-order valence-corrected chi connectivity index (χ0v) is 26.3. The molecule has 3 amide bonds. The van der Waals surface area contributed by atoms with Crippen LogP contribution in [0.5, 0.6) is 0 Å². The molecule has 1 aliphatic rings. The van der Waals surface area contributed by atoms with Gasteiger partial charge in [-0.3, -0.25) is 19.8 Å². The van der Waals surface area contributed by atoms with Crippen LogP contribution in [0.2, 0.25) is 0 Å². The molecule has 250 valence electrons. The number of amides is 3. The van der Waals surface area contributed by atoms with Gasteiger partial charge in [0.2, 0.25) is 5.43 Å². The topological polar surface area (TPSA) is 151 Å². The van der Waals surface area contributed by atoms with E-state index in [0.29, 0.717) is 55.9 Å². The van der Waals surface area contributed by atoms with Crippen LogP contribution in [0, 0.1) is 0 Å². The number of alkyl halides is 3. The first-order valence-corrected chi connectivity index (χ1v) is 15.9. The Bertz CT molecular complexity index is 1800. The van der Waals surface area contributed by atoms with Crippen LogP contribution in [0.4, 0.5) is 23.8 Å². The summed E-state index contributed by atoms with van der Waals surface area (Å²) < 4.78 is 47.8. The van der Waals surface area contributed by atoms with Gasteiger partial charge in [-0.05, 0) is 30.2 Å². The number of benzene rings is 1. The van der Waals surface area contributed by atoms with Gasteiger partial charge in [-0.2, -0.15) is 13.2 Å². The third-order valence-electron chi connectivity index (χ3n) is 7.50. The fraction of sp³-hybridized carbons (Fsp3) is 0.387. The summed E-state index contributed by atoms with van der Waals surface area (Å²) in [7, 11) is 0. The number of anilines is 1. The maximum absolute atomic E-state index is 13.7. The molecule has 1 saturated heterocycles. The number of hydrogen-bond donors (Lipinski definition) is 4. The second-order valence-corrected chi connectivity index (χ2v) is 11.6. The summed E-state index contributed by atoms with van der Waals surface area (Å²) in [6.45, 7) is 5.79. The number of aliphatic hydroxyl groups excluding tert-OH is 1. The van der Waals surface area contributed by atoms with Crippen molar-refractivity contribution >= 4 is 40.0 Å². The number of ether oxygens (including phenoxy) is 1. The van der Waals surface area contributed by atoms with Crippen LogP contribution in [0.15, 0.2) is 46.8 Å². The number of aromatic nitrogens is 3. The minimum absolute atomic E-state index is 0.0342. The van der Waals surface area contributed by atoms with Gasteiger partial charge in [-0.1, -0.05) is 13.0 Å². The number of pyridine rings is 2. The van der Waals surface area contributed by atoms with E-state index in [1.807, 2.05) is 11.5 Å². The molecule has 1 fully saturated rings. The first-order valence-electron chi connectivity index (χ1n) is 15.0. The molecule has 0 unspecified atom stereocenters. The van der Waals surface area contributed by atoms with Gasteiger partial charge in [-0.25, -0.2) is 14.8 Å². The van der Waals surface area contributed by atoms with Gasteiger partial charge in [0.15, 0.2) is 5.69 Å². The largest absolute Gasteiger partial charge is 0.434 e. The van der Waals surface area contributed by atoms with Crippen LogP contribution >= 0.6 is 11.3 Å². The Morgan fingerprint density at radius 2 is 1.87 bits per heavy atom. The Morgan fingerprint density at radius 3 is 2.57 bits per heavy atom. The van der Waals surface area contributed by atoms with Crippen molar-refractivity contribution in [3.63, 3.8) is 0 Å². The van der Waals surface area contributed by atoms with Gasteiger partial charge in [0.1, 0.15) is 16.4 Å². The quantitative estimate of drug-likeness (QED) is 0.188. The third kappa shape index (κ3) is 8.13. The monoisotopic (exact) mass is 673 g/mol. The number of thiazole rings is 1. The molecule has 4 heterocycles. The summed E-state index contributed by atoms with van der Waals surface area (Å²) in [6.07, 6.45) is -1.06. The van der Waals surface area contributed by atoms with Crippen LogP contribution < -0.4 is 21.4 Å². The molecule has 1 aliphatic heterocycles. The van der Waals surface area contributed by atoms with E-state index in [0.717, 1.165) is 29.8 Å². The average Bonchev–Trinajstić information content (AvgIpc) is 3.58. The molecule has 4 aromatic rings. The lowest BCUT2D eigenvalue weighted by molar-refractivity contribution is -0.140. The molecule has 0 radical (unpaired) electrons. The van der Waals surface area contributed by atoms with Gasteiger partial charge in [-0.15, -0.1) is 11.3 Å². The molecule has 0 atom stereocenters. The zero-order chi connectivity index (χ0) is 33.6. The molecule has 3 aromatic heterocycles. The van der Waals surface area contributed by atoms with E-state index < -0.39 is 29.2 Å². The van der Waals surface area contributed by atoms with Crippen molar-refractivity contribution in [3.05, 3.63) is 63.5 Å². The van der Waals surface area contributed by atoms with Gasteiger partial charge in [0.25, 0.3) is 5.91 Å². The van der Waals surface area contributed by atoms with Crippen molar-refractivity contribution in [2.75, 3.05) is 57.9 Å². The van der Waals surface area contributed by atoms with Crippen molar-refractivity contribution in [2.45, 2.75) is 26.1 Å². The van der Waals surface area contributed by atoms with Crippen molar-refractivity contribution in [1.29, 1.82) is 0 Å². The van der Waals surface area contributed by atoms with E-state index in [9.17, 15) is 32.7 Å². The van der Waals surface area contributed by atoms with Crippen LogP contribution in [0.25, 0.3) is 32.6 Å². The Balaban J connectivity index is 1.61. The fourth-order valence-corrected chi connectivity index (χ4v) is 5.96. The van der Waals surface area contributed by atoms with Gasteiger partial charge in [0, 0.05) is 73.6 Å². The molecule has 12 nitrogen and oxygen atoms in total. The minimum Gasteiger partial charge on any atom is -0.395 e. The van der Waals surface area contributed by atoms with E-state index in [1.165, 1.54) is 18.5 Å². The van der Waals surface area contributed by atoms with E-state index >= 15 is 0 Å². The van der Waals surface area contributed by atoms with E-state index in [1.54, 1.807) is 18.2 Å². The lowest BCUT2D eigenvalue weighted by atomic mass is 9.99. The lowest BCUT2D eigenvalue weighted by Crippen LogP contribution is -2.38. The number of carbonyl (C=O) groups is 2. The number of nitrogens with zero attached hydrogens (tertiary/aromatic N) is 4. The van der Waals surface area contributed by atoms with Crippen LogP contribution in [0.3, 0.4) is 0 Å². The van der Waals surface area contributed by atoms with Crippen LogP contribution in [-0.4, -0.2) is 89.0 Å². The number of morpholine rings is 1. The van der Waals surface area contributed by atoms with Crippen molar-refractivity contribution in [1.82, 2.24) is 30.1 Å². The fourth-order valence-electron chi connectivity index (χ4n) is 5.11. The van der Waals surface area contributed by atoms with E-state index in [-0.39, 0.29) is 40.5 Å². The van der Waals surface area contributed by atoms with Gasteiger partial charge in [0.05, 0.1) is 25.3 Å². The van der Waals surface area contributed by atoms with E-state index in [4.69, 9.17) is 4.74 Å². The van der Waals surface area contributed by atoms with Crippen molar-refractivity contribution in [2.24, 2.45) is 0 Å². The molecule has 47 heavy (non-hydrogen) atoms. The first-order chi connectivity index (χ1) is 22.6. The van der Waals surface area contributed by atoms with E-state index in [2.05, 4.69) is 30.8 Å². The average molecular weight is 674 g/mol. The molecular formula is C31H34F3N7O5S. The second kappa shape index (κ2) is 15.0. The van der Waals surface area contributed by atoms with Crippen LogP contribution in [0.1, 0.15) is 29.4 Å². The minimum atomic E-state index is -4.66. The number of aliphatic hydroxyl groups is 1. The highest BCUT2D eigenvalue weighted by Gasteiger charge is 2.34. The number of halogens is 3. The highest BCUT2D eigenvalue weighted by atomic mass is 32.1. The summed E-state index contributed by atoms with van der Waals surface area (Å²) >= 11 is 0.783. The smallest absolute Gasteiger partial charge is 0.395 e. The number of nitrogens with one attached hydrogen (secondary N) is 3. The van der Waals surface area contributed by atoms with Gasteiger partial charge < -0.3 is 25.0 Å². The molecular weight excluding hydrogens is 639 g/mol. The maximum atomic E-state index is 13.7. The maximum Gasteiger partial charge on any atom is 0.434 e.